The van der Waals surface area contributed by atoms with Crippen molar-refractivity contribution in [2.75, 3.05) is 42.9 Å². The number of nitrogens with zero attached hydrogens (tertiary/aromatic N) is 2. The van der Waals surface area contributed by atoms with Crippen LogP contribution in [-0.2, 0) is 21.2 Å². The summed E-state index contributed by atoms with van der Waals surface area (Å²) in [5, 5.41) is 2.88. The van der Waals surface area contributed by atoms with Gasteiger partial charge in [0.1, 0.15) is 4.90 Å². The molecule has 2 N–H and O–H groups in total. The Balaban J connectivity index is 1.61. The van der Waals surface area contributed by atoms with Crippen molar-refractivity contribution < 1.29 is 13.2 Å². The summed E-state index contributed by atoms with van der Waals surface area (Å²) in [6, 6.07) is 23.7. The predicted octanol–water partition coefficient (Wildman–Crippen LogP) is 4.05. The molecule has 190 valence electrons. The molecule has 1 saturated heterocycles. The first-order valence-electron chi connectivity index (χ1n) is 12.4. The average molecular weight is 507 g/mol. The van der Waals surface area contributed by atoms with Gasteiger partial charge in [-0.05, 0) is 42.8 Å². The van der Waals surface area contributed by atoms with Crippen LogP contribution in [0.3, 0.4) is 0 Å². The summed E-state index contributed by atoms with van der Waals surface area (Å²) in [7, 11) is -3.88. The highest BCUT2D eigenvalue weighted by atomic mass is 32.2. The van der Waals surface area contributed by atoms with Crippen LogP contribution in [0.4, 0.5) is 11.4 Å². The number of nitrogens with one attached hydrogen (secondary N) is 2. The molecule has 0 aliphatic carbocycles. The van der Waals surface area contributed by atoms with E-state index >= 15 is 0 Å². The van der Waals surface area contributed by atoms with Gasteiger partial charge in [0.2, 0.25) is 15.9 Å². The molecule has 0 radical (unpaired) electrons. The number of carbonyl (C=O) groups excluding carboxylic acids is 1. The van der Waals surface area contributed by atoms with Gasteiger partial charge in [-0.1, -0.05) is 67.6 Å². The van der Waals surface area contributed by atoms with E-state index in [2.05, 4.69) is 26.8 Å². The number of sulfonamides is 1. The Morgan fingerprint density at radius 3 is 2.19 bits per heavy atom. The first-order chi connectivity index (χ1) is 17.4. The molecule has 0 aromatic heterocycles. The van der Waals surface area contributed by atoms with Gasteiger partial charge in [-0.3, -0.25) is 4.79 Å². The monoisotopic (exact) mass is 506 g/mol. The van der Waals surface area contributed by atoms with Gasteiger partial charge in [0, 0.05) is 37.9 Å². The lowest BCUT2D eigenvalue weighted by atomic mass is 10.1. The third-order valence-corrected chi connectivity index (χ3v) is 8.10. The molecule has 1 heterocycles. The third kappa shape index (κ3) is 6.51. The number of anilines is 2. The summed E-state index contributed by atoms with van der Waals surface area (Å²) in [6.07, 6.45) is 0.215. The highest BCUT2D eigenvalue weighted by Crippen LogP contribution is 2.31. The third-order valence-electron chi connectivity index (χ3n) is 6.53. The molecule has 8 heteroatoms. The summed E-state index contributed by atoms with van der Waals surface area (Å²) in [5.74, 6) is -0.195. The molecule has 1 fully saturated rings. The molecule has 3 aromatic carbocycles. The maximum Gasteiger partial charge on any atom is 0.243 e. The second-order valence-electron chi connectivity index (χ2n) is 9.07. The number of carbonyl (C=O) groups is 1. The smallest absolute Gasteiger partial charge is 0.243 e. The van der Waals surface area contributed by atoms with E-state index in [1.807, 2.05) is 73.7 Å². The van der Waals surface area contributed by atoms with Crippen molar-refractivity contribution in [1.29, 1.82) is 0 Å². The molecular weight excluding hydrogens is 472 g/mol. The zero-order valence-electron chi connectivity index (χ0n) is 20.9. The highest BCUT2D eigenvalue weighted by molar-refractivity contribution is 7.89. The van der Waals surface area contributed by atoms with Crippen molar-refractivity contribution in [1.82, 2.24) is 9.62 Å². The van der Waals surface area contributed by atoms with E-state index in [-0.39, 0.29) is 17.2 Å². The van der Waals surface area contributed by atoms with E-state index in [1.54, 1.807) is 12.1 Å². The summed E-state index contributed by atoms with van der Waals surface area (Å²) < 4.78 is 30.2. The van der Waals surface area contributed by atoms with E-state index in [0.717, 1.165) is 43.9 Å². The van der Waals surface area contributed by atoms with Crippen LogP contribution in [0.1, 0.15) is 31.0 Å². The van der Waals surface area contributed by atoms with Gasteiger partial charge in [-0.2, -0.15) is 0 Å². The molecule has 3 aromatic rings. The molecule has 0 saturated carbocycles. The van der Waals surface area contributed by atoms with E-state index < -0.39 is 16.1 Å². The Bertz CT molecular complexity index is 1260. The van der Waals surface area contributed by atoms with Crippen LogP contribution in [0.15, 0.2) is 83.8 Å². The molecule has 0 unspecified atom stereocenters. The van der Waals surface area contributed by atoms with Crippen LogP contribution in [0.5, 0.6) is 0 Å². The lowest BCUT2D eigenvalue weighted by Gasteiger charge is -2.36. The Hall–Kier alpha value is -3.20. The SMILES string of the molecule is CCN1CCN(c2ccc(NC(=O)Cc3ccccc3)cc2S(=O)(=O)N[C@H](C)c2ccccc2)CC1. The minimum absolute atomic E-state index is 0.174. The topological polar surface area (TPSA) is 81.8 Å². The Labute approximate surface area is 214 Å². The van der Waals surface area contributed by atoms with Gasteiger partial charge in [-0.15, -0.1) is 0 Å². The van der Waals surface area contributed by atoms with E-state index in [4.69, 9.17) is 0 Å². The fraction of sp³-hybridized carbons (Fsp3) is 0.321. The number of hydrogen-bond donors (Lipinski definition) is 2. The molecule has 7 nitrogen and oxygen atoms in total. The first kappa shape index (κ1) is 25.9. The summed E-state index contributed by atoms with van der Waals surface area (Å²) in [5.41, 5.74) is 2.89. The zero-order chi connectivity index (χ0) is 25.5. The zero-order valence-corrected chi connectivity index (χ0v) is 21.7. The molecule has 36 heavy (non-hydrogen) atoms. The molecule has 1 amide bonds. The minimum Gasteiger partial charge on any atom is -0.368 e. The van der Waals surface area contributed by atoms with Crippen LogP contribution in [0, 0.1) is 0 Å². The highest BCUT2D eigenvalue weighted by Gasteiger charge is 2.27. The number of rotatable bonds is 9. The van der Waals surface area contributed by atoms with Crippen molar-refractivity contribution in [3.63, 3.8) is 0 Å². The van der Waals surface area contributed by atoms with Crippen LogP contribution in [-0.4, -0.2) is 51.9 Å². The lowest BCUT2D eigenvalue weighted by Crippen LogP contribution is -2.46. The normalized spacial score (nSPS) is 15.4. The molecule has 1 aliphatic heterocycles. The van der Waals surface area contributed by atoms with Gasteiger partial charge < -0.3 is 15.1 Å². The van der Waals surface area contributed by atoms with Crippen LogP contribution < -0.4 is 14.9 Å². The molecular formula is C28H34N4O3S. The number of amides is 1. The van der Waals surface area contributed by atoms with Crippen LogP contribution in [0.2, 0.25) is 0 Å². The summed E-state index contributed by atoms with van der Waals surface area (Å²) >= 11 is 0. The largest absolute Gasteiger partial charge is 0.368 e. The first-order valence-corrected chi connectivity index (χ1v) is 13.9. The molecule has 0 bridgehead atoms. The van der Waals surface area contributed by atoms with E-state index in [1.165, 1.54) is 0 Å². The van der Waals surface area contributed by atoms with Crippen molar-refractivity contribution in [3.05, 3.63) is 90.0 Å². The van der Waals surface area contributed by atoms with Crippen molar-refractivity contribution >= 4 is 27.3 Å². The number of likely N-dealkylation sites (N-methyl/N-ethyl adjacent to an activating group) is 1. The minimum atomic E-state index is -3.88. The van der Waals surface area contributed by atoms with Crippen LogP contribution in [0.25, 0.3) is 0 Å². The van der Waals surface area contributed by atoms with Crippen molar-refractivity contribution in [2.24, 2.45) is 0 Å². The van der Waals surface area contributed by atoms with Gasteiger partial charge in [0.25, 0.3) is 0 Å². The maximum absolute atomic E-state index is 13.7. The average Bonchev–Trinajstić information content (AvgIpc) is 2.89. The quantitative estimate of drug-likeness (QED) is 0.458. The van der Waals surface area contributed by atoms with Crippen molar-refractivity contribution in [2.45, 2.75) is 31.2 Å². The maximum atomic E-state index is 13.7. The number of benzene rings is 3. The second kappa shape index (κ2) is 11.7. The van der Waals surface area contributed by atoms with Gasteiger partial charge in [-0.25, -0.2) is 13.1 Å². The molecule has 1 aliphatic rings. The fourth-order valence-corrected chi connectivity index (χ4v) is 5.95. The fourth-order valence-electron chi connectivity index (χ4n) is 4.47. The molecule has 0 spiro atoms. The molecule has 4 rings (SSSR count). The van der Waals surface area contributed by atoms with Gasteiger partial charge >= 0.3 is 0 Å². The van der Waals surface area contributed by atoms with E-state index in [0.29, 0.717) is 11.4 Å². The predicted molar refractivity (Wildman–Crippen MR) is 145 cm³/mol. The Kier molecular flexibility index (Phi) is 8.40. The molecule has 1 atom stereocenters. The summed E-state index contributed by atoms with van der Waals surface area (Å²) in [4.78, 5) is 17.3. The van der Waals surface area contributed by atoms with Gasteiger partial charge in [0.05, 0.1) is 12.1 Å². The Morgan fingerprint density at radius 1 is 0.917 bits per heavy atom. The summed E-state index contributed by atoms with van der Waals surface area (Å²) in [6.45, 7) is 8.17. The van der Waals surface area contributed by atoms with E-state index in [9.17, 15) is 13.2 Å². The second-order valence-corrected chi connectivity index (χ2v) is 10.8. The lowest BCUT2D eigenvalue weighted by molar-refractivity contribution is -0.115. The van der Waals surface area contributed by atoms with Gasteiger partial charge in [0.15, 0.2) is 0 Å². The standard InChI is InChI=1S/C28H34N4O3S/c1-3-31-16-18-32(19-17-31)26-15-14-25(29-28(33)20-23-10-6-4-7-11-23)21-27(26)36(34,35)30-22(2)24-12-8-5-9-13-24/h4-15,21-22,30H,3,16-20H2,1-2H3,(H,29,33)/t22-/m1/s1. The number of hydrogen-bond acceptors (Lipinski definition) is 5. The van der Waals surface area contributed by atoms with Crippen LogP contribution >= 0.6 is 0 Å². The number of piperazine rings is 1. The Morgan fingerprint density at radius 2 is 1.56 bits per heavy atom. The van der Waals surface area contributed by atoms with Crippen molar-refractivity contribution in [3.8, 4) is 0 Å².